The van der Waals surface area contributed by atoms with Crippen molar-refractivity contribution in [1.29, 1.82) is 0 Å². The van der Waals surface area contributed by atoms with Crippen LogP contribution >= 0.6 is 7.60 Å². The average Bonchev–Trinajstić information content (AvgIpc) is 2.50. The second-order valence-corrected chi connectivity index (χ2v) is 6.95. The van der Waals surface area contributed by atoms with Gasteiger partial charge in [-0.3, -0.25) is 4.57 Å². The molecular formula is C16H21N2O4P. The van der Waals surface area contributed by atoms with E-state index in [9.17, 15) is 4.57 Å². The Hall–Kier alpha value is -1.75. The van der Waals surface area contributed by atoms with Crippen LogP contribution in [-0.4, -0.2) is 23.2 Å². The maximum absolute atomic E-state index is 12.6. The number of rotatable bonds is 8. The molecule has 1 aromatic carbocycles. The summed E-state index contributed by atoms with van der Waals surface area (Å²) in [6, 6.07) is 7.52. The zero-order valence-electron chi connectivity index (χ0n) is 13.6. The van der Waals surface area contributed by atoms with Crippen molar-refractivity contribution in [1.82, 2.24) is 9.97 Å². The molecule has 0 saturated heterocycles. The first-order chi connectivity index (χ1) is 11.0. The normalized spacial score (nSPS) is 11.4. The first-order valence-corrected chi connectivity index (χ1v) is 9.21. The van der Waals surface area contributed by atoms with Gasteiger partial charge in [0.1, 0.15) is 5.75 Å². The van der Waals surface area contributed by atoms with E-state index in [0.29, 0.717) is 19.0 Å². The van der Waals surface area contributed by atoms with Gasteiger partial charge in [-0.05, 0) is 44.0 Å². The van der Waals surface area contributed by atoms with Crippen LogP contribution in [0.4, 0.5) is 0 Å². The molecule has 0 radical (unpaired) electrons. The zero-order chi connectivity index (χ0) is 16.7. The fraction of sp³-hybridized carbons (Fsp3) is 0.375. The second-order valence-electron chi connectivity index (χ2n) is 4.90. The smallest absolute Gasteiger partial charge is 0.335 e. The molecule has 7 heteroatoms. The monoisotopic (exact) mass is 336 g/mol. The molecule has 23 heavy (non-hydrogen) atoms. The van der Waals surface area contributed by atoms with E-state index in [1.54, 1.807) is 38.4 Å². The summed E-state index contributed by atoms with van der Waals surface area (Å²) >= 11 is 0. The second kappa shape index (κ2) is 8.20. The highest BCUT2D eigenvalue weighted by Gasteiger charge is 2.24. The van der Waals surface area contributed by atoms with E-state index in [2.05, 4.69) is 9.97 Å². The van der Waals surface area contributed by atoms with Crippen LogP contribution in [0.15, 0.2) is 36.7 Å². The minimum absolute atomic E-state index is 0.195. The largest absolute Gasteiger partial charge is 0.424 e. The molecule has 0 fully saturated rings. The highest BCUT2D eigenvalue weighted by Crippen LogP contribution is 2.51. The Kier molecular flexibility index (Phi) is 6.28. The predicted octanol–water partition coefficient (Wildman–Crippen LogP) is 4.34. The molecule has 6 nitrogen and oxygen atoms in total. The van der Waals surface area contributed by atoms with E-state index < -0.39 is 7.60 Å². The Balaban J connectivity index is 2.12. The summed E-state index contributed by atoms with van der Waals surface area (Å²) in [5.74, 6) is 0.575. The van der Waals surface area contributed by atoms with Crippen LogP contribution in [0, 0.1) is 6.92 Å². The number of benzene rings is 1. The fourth-order valence-corrected chi connectivity index (χ4v) is 3.68. The maximum atomic E-state index is 12.6. The van der Waals surface area contributed by atoms with Crippen LogP contribution in [0.2, 0.25) is 0 Å². The Bertz CT molecular complexity index is 666. The third-order valence-electron chi connectivity index (χ3n) is 2.89. The molecule has 0 bridgehead atoms. The molecule has 2 rings (SSSR count). The first-order valence-electron chi connectivity index (χ1n) is 7.48. The molecule has 0 aliphatic heterocycles. The molecule has 0 atom stereocenters. The number of hydrogen-bond acceptors (Lipinski definition) is 6. The molecule has 0 amide bonds. The summed E-state index contributed by atoms with van der Waals surface area (Å²) in [7, 11) is -3.14. The van der Waals surface area contributed by atoms with Gasteiger partial charge in [0.2, 0.25) is 0 Å². The van der Waals surface area contributed by atoms with Crippen LogP contribution in [0.5, 0.6) is 11.8 Å². The summed E-state index contributed by atoms with van der Waals surface area (Å²) in [6.07, 6.45) is 3.57. The molecule has 124 valence electrons. The predicted molar refractivity (Wildman–Crippen MR) is 87.8 cm³/mol. The molecule has 0 aliphatic carbocycles. The van der Waals surface area contributed by atoms with E-state index in [4.69, 9.17) is 13.8 Å². The molecule has 0 saturated carbocycles. The number of hydrogen-bond donors (Lipinski definition) is 0. The molecule has 1 heterocycles. The van der Waals surface area contributed by atoms with Gasteiger partial charge in [0, 0.05) is 12.4 Å². The van der Waals surface area contributed by atoms with Gasteiger partial charge in [0.15, 0.2) is 0 Å². The Labute approximate surface area is 136 Å². The van der Waals surface area contributed by atoms with E-state index >= 15 is 0 Å². The van der Waals surface area contributed by atoms with Crippen LogP contribution in [0.1, 0.15) is 25.0 Å². The number of nitrogens with zero attached hydrogens (tertiary/aromatic N) is 2. The SMILES string of the molecule is CCOP(=O)(Cc1cccc(Oc2ncc(C)cn2)c1)OCC. The topological polar surface area (TPSA) is 70.5 Å². The van der Waals surface area contributed by atoms with Crippen molar-refractivity contribution in [3.05, 3.63) is 47.8 Å². The minimum Gasteiger partial charge on any atom is -0.424 e. The van der Waals surface area contributed by atoms with E-state index in [1.807, 2.05) is 19.1 Å². The van der Waals surface area contributed by atoms with Crippen molar-refractivity contribution in [2.45, 2.75) is 26.9 Å². The van der Waals surface area contributed by atoms with Crippen LogP contribution < -0.4 is 4.74 Å². The quantitative estimate of drug-likeness (QED) is 0.668. The van der Waals surface area contributed by atoms with E-state index in [-0.39, 0.29) is 12.2 Å². The summed E-state index contributed by atoms with van der Waals surface area (Å²) in [5.41, 5.74) is 1.76. The first kappa shape index (κ1) is 17.6. The molecular weight excluding hydrogens is 315 g/mol. The molecule has 0 N–H and O–H groups in total. The fourth-order valence-electron chi connectivity index (χ4n) is 1.99. The van der Waals surface area contributed by atoms with Gasteiger partial charge < -0.3 is 13.8 Å². The molecule has 2 aromatic rings. The van der Waals surface area contributed by atoms with Crippen molar-refractivity contribution in [2.24, 2.45) is 0 Å². The van der Waals surface area contributed by atoms with Crippen molar-refractivity contribution >= 4 is 7.60 Å². The zero-order valence-corrected chi connectivity index (χ0v) is 14.5. The van der Waals surface area contributed by atoms with E-state index in [0.717, 1.165) is 11.1 Å². The van der Waals surface area contributed by atoms with Crippen molar-refractivity contribution in [3.63, 3.8) is 0 Å². The van der Waals surface area contributed by atoms with Gasteiger partial charge in [-0.15, -0.1) is 0 Å². The Morgan fingerprint density at radius 1 is 1.09 bits per heavy atom. The van der Waals surface area contributed by atoms with Crippen LogP contribution in [0.25, 0.3) is 0 Å². The van der Waals surface area contributed by atoms with Crippen molar-refractivity contribution in [3.8, 4) is 11.8 Å². The minimum atomic E-state index is -3.14. The average molecular weight is 336 g/mol. The Morgan fingerprint density at radius 2 is 1.74 bits per heavy atom. The standard InChI is InChI=1S/C16H21N2O4P/c1-4-20-23(19,21-5-2)12-14-7-6-8-15(9-14)22-16-17-10-13(3)11-18-16/h6-11H,4-5,12H2,1-3H3. The van der Waals surface area contributed by atoms with Gasteiger partial charge in [-0.1, -0.05) is 12.1 Å². The number of ether oxygens (including phenoxy) is 1. The summed E-state index contributed by atoms with van der Waals surface area (Å²) in [5, 5.41) is 0. The third-order valence-corrected chi connectivity index (χ3v) is 4.95. The lowest BCUT2D eigenvalue weighted by atomic mass is 10.2. The molecule has 0 spiro atoms. The highest BCUT2D eigenvalue weighted by molar-refractivity contribution is 7.53. The lowest BCUT2D eigenvalue weighted by molar-refractivity contribution is 0.219. The van der Waals surface area contributed by atoms with Gasteiger partial charge >= 0.3 is 13.6 Å². The molecule has 0 aliphatic rings. The highest BCUT2D eigenvalue weighted by atomic mass is 31.2. The van der Waals surface area contributed by atoms with E-state index in [1.165, 1.54) is 0 Å². The maximum Gasteiger partial charge on any atom is 0.335 e. The Morgan fingerprint density at radius 3 is 2.35 bits per heavy atom. The summed E-state index contributed by atoms with van der Waals surface area (Å²) in [4.78, 5) is 8.20. The summed E-state index contributed by atoms with van der Waals surface area (Å²) < 4.78 is 28.8. The van der Waals surface area contributed by atoms with Crippen LogP contribution in [0.3, 0.4) is 0 Å². The lowest BCUT2D eigenvalue weighted by Crippen LogP contribution is -1.99. The van der Waals surface area contributed by atoms with Gasteiger partial charge in [0.25, 0.3) is 0 Å². The third kappa shape index (κ3) is 5.43. The lowest BCUT2D eigenvalue weighted by Gasteiger charge is -2.17. The van der Waals surface area contributed by atoms with Gasteiger partial charge in [-0.2, -0.15) is 0 Å². The number of aromatic nitrogens is 2. The van der Waals surface area contributed by atoms with Crippen LogP contribution in [-0.2, 0) is 19.8 Å². The van der Waals surface area contributed by atoms with Crippen molar-refractivity contribution < 1.29 is 18.3 Å². The summed E-state index contributed by atoms with van der Waals surface area (Å²) in [6.45, 7) is 6.17. The number of aryl methyl sites for hydroxylation is 1. The van der Waals surface area contributed by atoms with Gasteiger partial charge in [-0.25, -0.2) is 9.97 Å². The van der Waals surface area contributed by atoms with Crippen molar-refractivity contribution in [2.75, 3.05) is 13.2 Å². The van der Waals surface area contributed by atoms with Gasteiger partial charge in [0.05, 0.1) is 19.4 Å². The molecule has 0 unspecified atom stereocenters. The molecule has 1 aromatic heterocycles.